The predicted molar refractivity (Wildman–Crippen MR) is 120 cm³/mol. The number of amides is 2. The molecule has 3 N–H and O–H groups in total. The lowest BCUT2D eigenvalue weighted by Gasteiger charge is -2.15. The molecule has 3 aromatic rings. The van der Waals surface area contributed by atoms with Crippen molar-refractivity contribution in [3.05, 3.63) is 96.1 Å². The smallest absolute Gasteiger partial charge is 0.407 e. The van der Waals surface area contributed by atoms with Gasteiger partial charge in [-0.05, 0) is 22.3 Å². The van der Waals surface area contributed by atoms with Crippen LogP contribution in [0.3, 0.4) is 0 Å². The number of rotatable bonds is 9. The minimum absolute atomic E-state index is 0.0744. The van der Waals surface area contributed by atoms with Gasteiger partial charge in [0.1, 0.15) is 19.2 Å². The molecule has 0 unspecified atom stereocenters. The SMILES string of the molecule is O=C(CNC(=O)OCc1ccccc1)N[C@@H](Cc1ccc(-c2ccccc2)cc1)C(=O)O. The number of carbonyl (C=O) groups excluding carboxylic acids is 2. The molecule has 3 aromatic carbocycles. The highest BCUT2D eigenvalue weighted by Gasteiger charge is 2.21. The molecular formula is C25H24N2O5. The fraction of sp³-hybridized carbons (Fsp3) is 0.160. The van der Waals surface area contributed by atoms with Crippen LogP contribution in [-0.4, -0.2) is 35.7 Å². The molecule has 0 radical (unpaired) electrons. The molecule has 32 heavy (non-hydrogen) atoms. The average Bonchev–Trinajstić information content (AvgIpc) is 2.82. The number of hydrogen-bond donors (Lipinski definition) is 3. The molecule has 0 bridgehead atoms. The van der Waals surface area contributed by atoms with E-state index in [4.69, 9.17) is 4.74 Å². The van der Waals surface area contributed by atoms with Crippen molar-refractivity contribution in [3.63, 3.8) is 0 Å². The Labute approximate surface area is 186 Å². The van der Waals surface area contributed by atoms with E-state index >= 15 is 0 Å². The van der Waals surface area contributed by atoms with E-state index in [0.29, 0.717) is 0 Å². The number of carboxylic acids is 1. The van der Waals surface area contributed by atoms with Crippen LogP contribution in [0.1, 0.15) is 11.1 Å². The number of nitrogens with one attached hydrogen (secondary N) is 2. The summed E-state index contributed by atoms with van der Waals surface area (Å²) in [7, 11) is 0. The first-order chi connectivity index (χ1) is 15.5. The van der Waals surface area contributed by atoms with Gasteiger partial charge in [-0.1, -0.05) is 84.9 Å². The monoisotopic (exact) mass is 432 g/mol. The maximum Gasteiger partial charge on any atom is 0.407 e. The van der Waals surface area contributed by atoms with Gasteiger partial charge in [0.05, 0.1) is 0 Å². The number of ether oxygens (including phenoxy) is 1. The van der Waals surface area contributed by atoms with E-state index in [2.05, 4.69) is 10.6 Å². The number of aliphatic carboxylic acids is 1. The molecule has 0 aliphatic heterocycles. The number of carboxylic acid groups (broad SMARTS) is 1. The first-order valence-corrected chi connectivity index (χ1v) is 10.1. The lowest BCUT2D eigenvalue weighted by atomic mass is 10.0. The van der Waals surface area contributed by atoms with E-state index in [1.54, 1.807) is 0 Å². The fourth-order valence-corrected chi connectivity index (χ4v) is 3.07. The Kier molecular flexibility index (Phi) is 7.97. The molecule has 0 aliphatic rings. The molecule has 7 nitrogen and oxygen atoms in total. The Morgan fingerprint density at radius 1 is 0.781 bits per heavy atom. The predicted octanol–water partition coefficient (Wildman–Crippen LogP) is 3.39. The van der Waals surface area contributed by atoms with Crippen LogP contribution in [0.25, 0.3) is 11.1 Å². The molecule has 1 atom stereocenters. The van der Waals surface area contributed by atoms with Crippen LogP contribution in [0.4, 0.5) is 4.79 Å². The van der Waals surface area contributed by atoms with E-state index in [-0.39, 0.29) is 19.6 Å². The van der Waals surface area contributed by atoms with Gasteiger partial charge in [0, 0.05) is 6.42 Å². The number of benzene rings is 3. The van der Waals surface area contributed by atoms with Gasteiger partial charge in [-0.2, -0.15) is 0 Å². The lowest BCUT2D eigenvalue weighted by molar-refractivity contribution is -0.141. The van der Waals surface area contributed by atoms with E-state index in [1.807, 2.05) is 84.9 Å². The van der Waals surface area contributed by atoms with Gasteiger partial charge in [-0.15, -0.1) is 0 Å². The summed E-state index contributed by atoms with van der Waals surface area (Å²) in [6.45, 7) is -0.310. The van der Waals surface area contributed by atoms with Crippen molar-refractivity contribution >= 4 is 18.0 Å². The molecule has 0 spiro atoms. The summed E-state index contributed by atoms with van der Waals surface area (Å²) in [4.78, 5) is 35.5. The topological polar surface area (TPSA) is 105 Å². The van der Waals surface area contributed by atoms with E-state index in [9.17, 15) is 19.5 Å². The van der Waals surface area contributed by atoms with Gasteiger partial charge >= 0.3 is 12.1 Å². The fourth-order valence-electron chi connectivity index (χ4n) is 3.07. The van der Waals surface area contributed by atoms with Crippen LogP contribution in [-0.2, 0) is 27.4 Å². The first kappa shape index (κ1) is 22.6. The van der Waals surface area contributed by atoms with Crippen LogP contribution < -0.4 is 10.6 Å². The van der Waals surface area contributed by atoms with Crippen molar-refractivity contribution in [1.29, 1.82) is 0 Å². The highest BCUT2D eigenvalue weighted by Crippen LogP contribution is 2.19. The lowest BCUT2D eigenvalue weighted by Crippen LogP contribution is -2.46. The summed E-state index contributed by atoms with van der Waals surface area (Å²) >= 11 is 0. The molecule has 0 aromatic heterocycles. The van der Waals surface area contributed by atoms with Gasteiger partial charge < -0.3 is 20.5 Å². The second-order valence-corrected chi connectivity index (χ2v) is 7.14. The minimum Gasteiger partial charge on any atom is -0.480 e. The molecule has 164 valence electrons. The molecule has 0 saturated heterocycles. The van der Waals surface area contributed by atoms with Gasteiger partial charge in [-0.3, -0.25) is 4.79 Å². The Morgan fingerprint density at radius 3 is 2.00 bits per heavy atom. The molecule has 0 heterocycles. The number of carbonyl (C=O) groups is 3. The van der Waals surface area contributed by atoms with Crippen LogP contribution in [0.5, 0.6) is 0 Å². The Hall–Kier alpha value is -4.13. The second kappa shape index (κ2) is 11.3. The summed E-state index contributed by atoms with van der Waals surface area (Å²) in [6, 6.07) is 25.3. The summed E-state index contributed by atoms with van der Waals surface area (Å²) in [5, 5.41) is 14.2. The van der Waals surface area contributed by atoms with Gasteiger partial charge in [0.25, 0.3) is 0 Å². The highest BCUT2D eigenvalue weighted by molar-refractivity contribution is 5.86. The van der Waals surface area contributed by atoms with Crippen molar-refractivity contribution in [2.24, 2.45) is 0 Å². The standard InChI is InChI=1S/C25H24N2O5/c28-23(16-26-25(31)32-17-19-7-3-1-4-8-19)27-22(24(29)30)15-18-11-13-21(14-12-18)20-9-5-2-6-10-20/h1-14,22H,15-17H2,(H,26,31)(H,27,28)(H,29,30)/t22-/m0/s1. The maximum atomic E-state index is 12.1. The molecular weight excluding hydrogens is 408 g/mol. The van der Waals surface area contributed by atoms with Crippen molar-refractivity contribution in [3.8, 4) is 11.1 Å². The Bertz CT molecular complexity index is 1040. The van der Waals surface area contributed by atoms with Crippen molar-refractivity contribution < 1.29 is 24.2 Å². The summed E-state index contributed by atoms with van der Waals surface area (Å²) in [5.41, 5.74) is 3.67. The zero-order chi connectivity index (χ0) is 22.8. The van der Waals surface area contributed by atoms with E-state index in [1.165, 1.54) is 0 Å². The summed E-state index contributed by atoms with van der Waals surface area (Å²) < 4.78 is 5.03. The van der Waals surface area contributed by atoms with E-state index in [0.717, 1.165) is 22.3 Å². The summed E-state index contributed by atoms with van der Waals surface area (Å²) in [6.07, 6.45) is -0.637. The quantitative estimate of drug-likeness (QED) is 0.481. The molecule has 3 rings (SSSR count). The van der Waals surface area contributed by atoms with Crippen LogP contribution in [0.2, 0.25) is 0 Å². The van der Waals surface area contributed by atoms with Gasteiger partial charge in [0.2, 0.25) is 5.91 Å². The maximum absolute atomic E-state index is 12.1. The van der Waals surface area contributed by atoms with Gasteiger partial charge in [0.15, 0.2) is 0 Å². The average molecular weight is 432 g/mol. The minimum atomic E-state index is -1.16. The first-order valence-electron chi connectivity index (χ1n) is 10.1. The molecule has 0 aliphatic carbocycles. The van der Waals surface area contributed by atoms with Crippen molar-refractivity contribution in [2.45, 2.75) is 19.1 Å². The Balaban J connectivity index is 1.47. The molecule has 2 amide bonds. The highest BCUT2D eigenvalue weighted by atomic mass is 16.5. The van der Waals surface area contributed by atoms with Crippen LogP contribution in [0.15, 0.2) is 84.9 Å². The Morgan fingerprint density at radius 2 is 1.38 bits per heavy atom. The van der Waals surface area contributed by atoms with Crippen molar-refractivity contribution in [2.75, 3.05) is 6.54 Å². The normalized spacial score (nSPS) is 11.2. The summed E-state index contributed by atoms with van der Waals surface area (Å²) in [5.74, 6) is -1.77. The van der Waals surface area contributed by atoms with Crippen LogP contribution >= 0.6 is 0 Å². The molecule has 0 saturated carbocycles. The third kappa shape index (κ3) is 6.98. The molecule has 7 heteroatoms. The molecule has 0 fully saturated rings. The second-order valence-electron chi connectivity index (χ2n) is 7.14. The third-order valence-electron chi connectivity index (χ3n) is 4.74. The zero-order valence-electron chi connectivity index (χ0n) is 17.4. The largest absolute Gasteiger partial charge is 0.480 e. The number of hydrogen-bond acceptors (Lipinski definition) is 4. The van der Waals surface area contributed by atoms with E-state index < -0.39 is 24.0 Å². The third-order valence-corrected chi connectivity index (χ3v) is 4.74. The zero-order valence-corrected chi connectivity index (χ0v) is 17.4. The van der Waals surface area contributed by atoms with Gasteiger partial charge in [-0.25, -0.2) is 9.59 Å². The van der Waals surface area contributed by atoms with Crippen molar-refractivity contribution in [1.82, 2.24) is 10.6 Å². The van der Waals surface area contributed by atoms with Crippen LogP contribution in [0, 0.1) is 0 Å². The number of alkyl carbamates (subject to hydrolysis) is 1.